The van der Waals surface area contributed by atoms with Gasteiger partial charge in [-0.05, 0) is 62.2 Å². The van der Waals surface area contributed by atoms with Crippen molar-refractivity contribution in [3.8, 4) is 11.5 Å². The number of nitrogens with zero attached hydrogens (tertiary/aromatic N) is 2. The summed E-state index contributed by atoms with van der Waals surface area (Å²) in [5, 5.41) is 0.561. The van der Waals surface area contributed by atoms with Gasteiger partial charge < -0.3 is 14.2 Å². The molecule has 9 heteroatoms. The van der Waals surface area contributed by atoms with Gasteiger partial charge in [-0.3, -0.25) is 9.36 Å². The minimum absolute atomic E-state index is 0.177. The third kappa shape index (κ3) is 4.03. The second-order valence-corrected chi connectivity index (χ2v) is 9.65. The molecule has 1 atom stereocenters. The van der Waals surface area contributed by atoms with Crippen molar-refractivity contribution in [2.24, 2.45) is 4.99 Å². The first-order valence-electron chi connectivity index (χ1n) is 10.7. The Morgan fingerprint density at radius 3 is 2.68 bits per heavy atom. The van der Waals surface area contributed by atoms with E-state index < -0.39 is 12.0 Å². The summed E-state index contributed by atoms with van der Waals surface area (Å²) in [6.07, 6.45) is 1.48. The van der Waals surface area contributed by atoms with Crippen LogP contribution in [0, 0.1) is 0 Å². The summed E-state index contributed by atoms with van der Waals surface area (Å²) >= 11 is 7.37. The van der Waals surface area contributed by atoms with Gasteiger partial charge in [0, 0.05) is 5.02 Å². The van der Waals surface area contributed by atoms with E-state index in [1.54, 1.807) is 43.5 Å². The van der Waals surface area contributed by atoms with Crippen molar-refractivity contribution in [1.29, 1.82) is 0 Å². The number of allylic oxidation sites excluding steroid dienone is 1. The van der Waals surface area contributed by atoms with Crippen LogP contribution in [0.25, 0.3) is 6.08 Å². The number of ether oxygens (including phenoxy) is 3. The molecule has 0 radical (unpaired) electrons. The van der Waals surface area contributed by atoms with Crippen molar-refractivity contribution in [3.63, 3.8) is 0 Å². The monoisotopic (exact) mass is 496 g/mol. The van der Waals surface area contributed by atoms with E-state index in [1.165, 1.54) is 11.3 Å². The van der Waals surface area contributed by atoms with Gasteiger partial charge >= 0.3 is 5.97 Å². The lowest BCUT2D eigenvalue weighted by Crippen LogP contribution is -2.40. The Labute approximate surface area is 204 Å². The normalized spacial score (nSPS) is 17.1. The molecule has 3 heterocycles. The molecule has 0 aliphatic carbocycles. The molecule has 0 saturated carbocycles. The van der Waals surface area contributed by atoms with Gasteiger partial charge in [0.25, 0.3) is 5.56 Å². The maximum absolute atomic E-state index is 13.6. The van der Waals surface area contributed by atoms with E-state index in [1.807, 2.05) is 30.3 Å². The average Bonchev–Trinajstić information content (AvgIpc) is 3.37. The van der Waals surface area contributed by atoms with Crippen LogP contribution in [-0.2, 0) is 9.53 Å². The van der Waals surface area contributed by atoms with E-state index in [4.69, 9.17) is 25.8 Å². The van der Waals surface area contributed by atoms with Gasteiger partial charge in [-0.1, -0.05) is 41.1 Å². The lowest BCUT2D eigenvalue weighted by Gasteiger charge is -2.25. The quantitative estimate of drug-likeness (QED) is 0.516. The van der Waals surface area contributed by atoms with Crippen LogP contribution in [0.1, 0.15) is 37.9 Å². The van der Waals surface area contributed by atoms with Crippen molar-refractivity contribution >= 4 is 35.0 Å². The first-order valence-corrected chi connectivity index (χ1v) is 11.9. The Hall–Kier alpha value is -3.36. The number of rotatable bonds is 4. The van der Waals surface area contributed by atoms with Crippen LogP contribution in [0.3, 0.4) is 0 Å². The number of carbonyl (C=O) groups is 1. The first kappa shape index (κ1) is 22.4. The van der Waals surface area contributed by atoms with E-state index in [0.29, 0.717) is 37.1 Å². The molecule has 1 unspecified atom stereocenters. The number of hydrogen-bond donors (Lipinski definition) is 0. The molecule has 5 rings (SSSR count). The summed E-state index contributed by atoms with van der Waals surface area (Å²) in [5.41, 5.74) is 2.14. The average molecular weight is 497 g/mol. The SMILES string of the molecule is CC1=C(C(=O)OC(C)C)C(c2ccc(Cl)cc2)n2c(sc(=Cc3ccc4c(c3)OCO4)c2=O)=N1. The zero-order valence-corrected chi connectivity index (χ0v) is 20.3. The van der Waals surface area contributed by atoms with Crippen LogP contribution in [-0.4, -0.2) is 23.4 Å². The Balaban J connectivity index is 1.68. The molecule has 3 aromatic rings. The van der Waals surface area contributed by atoms with Crippen LogP contribution in [0.5, 0.6) is 11.5 Å². The number of carbonyl (C=O) groups excluding carboxylic acids is 1. The number of thiazole rings is 1. The number of hydrogen-bond acceptors (Lipinski definition) is 7. The van der Waals surface area contributed by atoms with Crippen LogP contribution < -0.4 is 24.4 Å². The highest BCUT2D eigenvalue weighted by Crippen LogP contribution is 2.33. The molecule has 2 aliphatic rings. The molecule has 0 saturated heterocycles. The molecule has 1 aromatic heterocycles. The fourth-order valence-corrected chi connectivity index (χ4v) is 5.15. The minimum Gasteiger partial charge on any atom is -0.459 e. The topological polar surface area (TPSA) is 79.1 Å². The van der Waals surface area contributed by atoms with Crippen LogP contribution in [0.4, 0.5) is 0 Å². The summed E-state index contributed by atoms with van der Waals surface area (Å²) in [7, 11) is 0. The van der Waals surface area contributed by atoms with Gasteiger partial charge in [0.15, 0.2) is 16.3 Å². The Morgan fingerprint density at radius 1 is 1.21 bits per heavy atom. The fourth-order valence-electron chi connectivity index (χ4n) is 3.97. The second kappa shape index (κ2) is 8.77. The standard InChI is InChI=1S/C25H21ClN2O5S/c1-13(2)33-24(30)21-14(3)27-25-28(22(21)16-5-7-17(26)8-6-16)23(29)20(34-25)11-15-4-9-18-19(10-15)32-12-31-18/h4-11,13,22H,12H2,1-3H3. The van der Waals surface area contributed by atoms with E-state index in [9.17, 15) is 9.59 Å². The number of esters is 1. The van der Waals surface area contributed by atoms with Crippen molar-refractivity contribution in [2.45, 2.75) is 32.9 Å². The Kier molecular flexibility index (Phi) is 5.79. The predicted octanol–water partition coefficient (Wildman–Crippen LogP) is 3.57. The highest BCUT2D eigenvalue weighted by Gasteiger charge is 2.33. The summed E-state index contributed by atoms with van der Waals surface area (Å²) in [5.74, 6) is 0.807. The Bertz CT molecular complexity index is 1500. The largest absolute Gasteiger partial charge is 0.459 e. The molecule has 0 spiro atoms. The number of benzene rings is 2. The molecular formula is C25H21ClN2O5S. The van der Waals surface area contributed by atoms with Crippen LogP contribution in [0.2, 0.25) is 5.02 Å². The summed E-state index contributed by atoms with van der Waals surface area (Å²) < 4.78 is 18.4. The molecular weight excluding hydrogens is 476 g/mol. The first-order chi connectivity index (χ1) is 16.3. The molecule has 2 aliphatic heterocycles. The molecule has 0 N–H and O–H groups in total. The van der Waals surface area contributed by atoms with E-state index in [0.717, 1.165) is 11.1 Å². The maximum atomic E-state index is 13.6. The van der Waals surface area contributed by atoms with E-state index >= 15 is 0 Å². The van der Waals surface area contributed by atoms with Gasteiger partial charge in [-0.25, -0.2) is 9.79 Å². The van der Waals surface area contributed by atoms with Gasteiger partial charge in [-0.2, -0.15) is 0 Å². The van der Waals surface area contributed by atoms with E-state index in [-0.39, 0.29) is 18.5 Å². The second-order valence-electron chi connectivity index (χ2n) is 8.20. The lowest BCUT2D eigenvalue weighted by molar-refractivity contribution is -0.143. The zero-order chi connectivity index (χ0) is 24.0. The van der Waals surface area contributed by atoms with Crippen LogP contribution in [0.15, 0.2) is 63.5 Å². The third-order valence-corrected chi connectivity index (χ3v) is 6.70. The molecule has 34 heavy (non-hydrogen) atoms. The third-order valence-electron chi connectivity index (χ3n) is 5.46. The highest BCUT2D eigenvalue weighted by atomic mass is 35.5. The highest BCUT2D eigenvalue weighted by molar-refractivity contribution is 7.07. The molecule has 0 amide bonds. The molecule has 7 nitrogen and oxygen atoms in total. The van der Waals surface area contributed by atoms with Crippen molar-refractivity contribution in [3.05, 3.63) is 89.6 Å². The summed E-state index contributed by atoms with van der Waals surface area (Å²) in [6.45, 7) is 5.50. The van der Waals surface area contributed by atoms with E-state index in [2.05, 4.69) is 4.99 Å². The van der Waals surface area contributed by atoms with Gasteiger partial charge in [-0.15, -0.1) is 0 Å². The smallest absolute Gasteiger partial charge is 0.338 e. The lowest BCUT2D eigenvalue weighted by atomic mass is 9.96. The minimum atomic E-state index is -0.682. The fraction of sp³-hybridized carbons (Fsp3) is 0.240. The number of halogens is 1. The van der Waals surface area contributed by atoms with Gasteiger partial charge in [0.1, 0.15) is 0 Å². The van der Waals surface area contributed by atoms with Crippen molar-refractivity contribution < 1.29 is 19.0 Å². The van der Waals surface area contributed by atoms with Gasteiger partial charge in [0.05, 0.1) is 27.9 Å². The van der Waals surface area contributed by atoms with Crippen molar-refractivity contribution in [1.82, 2.24) is 4.57 Å². The summed E-state index contributed by atoms with van der Waals surface area (Å²) in [6, 6.07) is 11.9. The molecule has 2 aromatic carbocycles. The Morgan fingerprint density at radius 2 is 1.94 bits per heavy atom. The predicted molar refractivity (Wildman–Crippen MR) is 129 cm³/mol. The van der Waals surface area contributed by atoms with Crippen molar-refractivity contribution in [2.75, 3.05) is 6.79 Å². The zero-order valence-electron chi connectivity index (χ0n) is 18.7. The summed E-state index contributed by atoms with van der Waals surface area (Å²) in [4.78, 5) is 31.8. The van der Waals surface area contributed by atoms with Crippen LogP contribution >= 0.6 is 22.9 Å². The molecule has 174 valence electrons. The molecule has 0 bridgehead atoms. The number of aromatic nitrogens is 1. The van der Waals surface area contributed by atoms with Gasteiger partial charge in [0.2, 0.25) is 6.79 Å². The number of fused-ring (bicyclic) bond motifs is 2. The maximum Gasteiger partial charge on any atom is 0.338 e. The molecule has 0 fully saturated rings.